The molecule has 2 heterocycles. The van der Waals surface area contributed by atoms with Crippen LogP contribution in [-0.4, -0.2) is 55.6 Å². The molecule has 0 unspecified atom stereocenters. The first-order valence-electron chi connectivity index (χ1n) is 8.58. The number of nitrogens with zero attached hydrogens (tertiary/aromatic N) is 3. The second kappa shape index (κ2) is 8.32. The third-order valence-corrected chi connectivity index (χ3v) is 7.22. The van der Waals surface area contributed by atoms with Crippen LogP contribution in [0.3, 0.4) is 0 Å². The van der Waals surface area contributed by atoms with Crippen molar-refractivity contribution in [2.45, 2.75) is 19.4 Å². The highest BCUT2D eigenvalue weighted by Crippen LogP contribution is 2.23. The maximum atomic E-state index is 12.7. The standard InChI is InChI=1S/C17H20ClN3O5S2/c1-26-15(22)10-21-13-4-3-12(18)9-14(13)27-17(21)19-16(23)11-5-7-20(8-6-11)28(2,24)25/h3-4,9,11H,5-8,10H2,1-2H3. The topological polar surface area (TPSA) is 98.0 Å². The van der Waals surface area contributed by atoms with E-state index in [1.807, 2.05) is 0 Å². The van der Waals surface area contributed by atoms with Crippen LogP contribution in [0.2, 0.25) is 5.02 Å². The molecule has 0 aliphatic carbocycles. The third kappa shape index (κ3) is 4.62. The number of piperidine rings is 1. The average Bonchev–Trinajstić information content (AvgIpc) is 2.97. The van der Waals surface area contributed by atoms with Crippen LogP contribution in [0, 0.1) is 5.92 Å². The van der Waals surface area contributed by atoms with Gasteiger partial charge in [0.25, 0.3) is 5.91 Å². The summed E-state index contributed by atoms with van der Waals surface area (Å²) in [5.41, 5.74) is 0.734. The van der Waals surface area contributed by atoms with E-state index < -0.39 is 16.0 Å². The monoisotopic (exact) mass is 445 g/mol. The Morgan fingerprint density at radius 1 is 1.32 bits per heavy atom. The van der Waals surface area contributed by atoms with Crippen LogP contribution in [0.5, 0.6) is 0 Å². The number of rotatable bonds is 4. The lowest BCUT2D eigenvalue weighted by molar-refractivity contribution is -0.141. The zero-order chi connectivity index (χ0) is 20.5. The molecule has 1 fully saturated rings. The fourth-order valence-electron chi connectivity index (χ4n) is 3.10. The zero-order valence-corrected chi connectivity index (χ0v) is 17.8. The first-order valence-corrected chi connectivity index (χ1v) is 11.6. The number of fused-ring (bicyclic) bond motifs is 1. The summed E-state index contributed by atoms with van der Waals surface area (Å²) < 4.78 is 31.8. The van der Waals surface area contributed by atoms with Crippen LogP contribution < -0.4 is 4.80 Å². The van der Waals surface area contributed by atoms with E-state index in [-0.39, 0.29) is 18.4 Å². The number of hydrogen-bond donors (Lipinski definition) is 0. The molecular weight excluding hydrogens is 426 g/mol. The van der Waals surface area contributed by atoms with E-state index in [1.165, 1.54) is 22.8 Å². The number of ether oxygens (including phenoxy) is 1. The SMILES string of the molecule is COC(=O)Cn1c(=NC(=O)C2CCN(S(C)(=O)=O)CC2)sc2cc(Cl)ccc21. The van der Waals surface area contributed by atoms with Gasteiger partial charge in [0.15, 0.2) is 4.80 Å². The van der Waals surface area contributed by atoms with Crippen molar-refractivity contribution >= 4 is 55.1 Å². The molecule has 1 aliphatic rings. The van der Waals surface area contributed by atoms with Crippen molar-refractivity contribution < 1.29 is 22.7 Å². The van der Waals surface area contributed by atoms with Crippen molar-refractivity contribution in [2.24, 2.45) is 10.9 Å². The van der Waals surface area contributed by atoms with Crippen LogP contribution in [0.1, 0.15) is 12.8 Å². The number of amides is 1. The van der Waals surface area contributed by atoms with Gasteiger partial charge in [0, 0.05) is 24.0 Å². The Hall–Kier alpha value is -1.75. The normalized spacial score (nSPS) is 17.2. The molecule has 28 heavy (non-hydrogen) atoms. The number of carbonyl (C=O) groups is 2. The van der Waals surface area contributed by atoms with Crippen LogP contribution in [0.4, 0.5) is 0 Å². The van der Waals surface area contributed by atoms with Crippen LogP contribution in [0.15, 0.2) is 23.2 Å². The fraction of sp³-hybridized carbons (Fsp3) is 0.471. The number of esters is 1. The lowest BCUT2D eigenvalue weighted by Crippen LogP contribution is -2.39. The number of sulfonamides is 1. The van der Waals surface area contributed by atoms with E-state index in [4.69, 9.17) is 16.3 Å². The summed E-state index contributed by atoms with van der Waals surface area (Å²) in [6.07, 6.45) is 2.00. The highest BCUT2D eigenvalue weighted by atomic mass is 35.5. The van der Waals surface area contributed by atoms with Gasteiger partial charge in [-0.05, 0) is 31.0 Å². The van der Waals surface area contributed by atoms with Gasteiger partial charge in [-0.15, -0.1) is 0 Å². The van der Waals surface area contributed by atoms with Crippen molar-refractivity contribution in [3.05, 3.63) is 28.0 Å². The number of carbonyl (C=O) groups excluding carboxylic acids is 2. The van der Waals surface area contributed by atoms with E-state index in [0.29, 0.717) is 35.8 Å². The van der Waals surface area contributed by atoms with Gasteiger partial charge < -0.3 is 9.30 Å². The Balaban J connectivity index is 1.91. The van der Waals surface area contributed by atoms with Gasteiger partial charge in [-0.2, -0.15) is 4.99 Å². The second-order valence-electron chi connectivity index (χ2n) is 6.55. The lowest BCUT2D eigenvalue weighted by Gasteiger charge is -2.28. The number of methoxy groups -OCH3 is 1. The predicted molar refractivity (Wildman–Crippen MR) is 107 cm³/mol. The Morgan fingerprint density at radius 2 is 2.00 bits per heavy atom. The minimum absolute atomic E-state index is 0.0727. The van der Waals surface area contributed by atoms with Crippen LogP contribution in [-0.2, 0) is 30.9 Å². The van der Waals surface area contributed by atoms with Crippen LogP contribution >= 0.6 is 22.9 Å². The number of aromatic nitrogens is 1. The van der Waals surface area contributed by atoms with Gasteiger partial charge in [-0.3, -0.25) is 9.59 Å². The Labute approximate surface area is 171 Å². The van der Waals surface area contributed by atoms with Crippen molar-refractivity contribution in [3.8, 4) is 0 Å². The summed E-state index contributed by atoms with van der Waals surface area (Å²) in [5, 5.41) is 0.546. The number of benzene rings is 1. The molecule has 0 N–H and O–H groups in total. The van der Waals surface area contributed by atoms with E-state index in [0.717, 1.165) is 16.5 Å². The fourth-order valence-corrected chi connectivity index (χ4v) is 5.28. The smallest absolute Gasteiger partial charge is 0.325 e. The average molecular weight is 446 g/mol. The summed E-state index contributed by atoms with van der Waals surface area (Å²) in [5.74, 6) is -1.12. The molecule has 3 rings (SSSR count). The third-order valence-electron chi connectivity index (χ3n) is 4.64. The minimum Gasteiger partial charge on any atom is -0.468 e. The first kappa shape index (κ1) is 21.0. The molecule has 8 nitrogen and oxygen atoms in total. The van der Waals surface area contributed by atoms with Crippen molar-refractivity contribution in [2.75, 3.05) is 26.5 Å². The molecular formula is C17H20ClN3O5S2. The van der Waals surface area contributed by atoms with Gasteiger partial charge in [-0.1, -0.05) is 22.9 Å². The summed E-state index contributed by atoms with van der Waals surface area (Å²) >= 11 is 7.31. The van der Waals surface area contributed by atoms with Gasteiger partial charge in [0.2, 0.25) is 10.0 Å². The van der Waals surface area contributed by atoms with E-state index in [1.54, 1.807) is 22.8 Å². The molecule has 1 aliphatic heterocycles. The van der Waals surface area contributed by atoms with E-state index in [9.17, 15) is 18.0 Å². The van der Waals surface area contributed by atoms with Crippen molar-refractivity contribution in [1.29, 1.82) is 0 Å². The highest BCUT2D eigenvalue weighted by Gasteiger charge is 2.29. The summed E-state index contributed by atoms with van der Waals surface area (Å²) in [4.78, 5) is 29.1. The Kier molecular flexibility index (Phi) is 6.23. The number of thiazole rings is 1. The number of hydrogen-bond acceptors (Lipinski definition) is 6. The Bertz CT molecular complexity index is 1080. The largest absolute Gasteiger partial charge is 0.468 e. The maximum absolute atomic E-state index is 12.7. The molecule has 0 saturated carbocycles. The van der Waals surface area contributed by atoms with Crippen molar-refractivity contribution in [3.63, 3.8) is 0 Å². The molecule has 1 amide bonds. The second-order valence-corrected chi connectivity index (χ2v) is 9.97. The molecule has 152 valence electrons. The van der Waals surface area contributed by atoms with Crippen molar-refractivity contribution in [1.82, 2.24) is 8.87 Å². The molecule has 1 aromatic carbocycles. The minimum atomic E-state index is -3.25. The van der Waals surface area contributed by atoms with Gasteiger partial charge in [0.05, 0.1) is 23.6 Å². The van der Waals surface area contributed by atoms with Gasteiger partial charge in [-0.25, -0.2) is 12.7 Å². The number of halogens is 1. The molecule has 1 aromatic heterocycles. The molecule has 0 atom stereocenters. The Morgan fingerprint density at radius 3 is 2.61 bits per heavy atom. The quantitative estimate of drug-likeness (QED) is 0.666. The summed E-state index contributed by atoms with van der Waals surface area (Å²) in [6, 6.07) is 5.23. The van der Waals surface area contributed by atoms with E-state index >= 15 is 0 Å². The molecule has 0 spiro atoms. The molecule has 2 aromatic rings. The van der Waals surface area contributed by atoms with Gasteiger partial charge in [0.1, 0.15) is 6.54 Å². The summed E-state index contributed by atoms with van der Waals surface area (Å²) in [7, 11) is -1.96. The molecule has 1 saturated heterocycles. The lowest BCUT2D eigenvalue weighted by atomic mass is 9.98. The predicted octanol–water partition coefficient (Wildman–Crippen LogP) is 1.63. The molecule has 0 radical (unpaired) electrons. The molecule has 11 heteroatoms. The first-order chi connectivity index (χ1) is 13.2. The molecule has 0 bridgehead atoms. The zero-order valence-electron chi connectivity index (χ0n) is 15.4. The van der Waals surface area contributed by atoms with E-state index in [2.05, 4.69) is 4.99 Å². The highest BCUT2D eigenvalue weighted by molar-refractivity contribution is 7.88. The van der Waals surface area contributed by atoms with Gasteiger partial charge >= 0.3 is 5.97 Å². The van der Waals surface area contributed by atoms with Crippen LogP contribution in [0.25, 0.3) is 10.2 Å². The maximum Gasteiger partial charge on any atom is 0.325 e. The summed E-state index contributed by atoms with van der Waals surface area (Å²) in [6.45, 7) is 0.528.